The molecular formula is C18H20ClN3O. The minimum Gasteiger partial charge on any atom is -0.325 e. The zero-order valence-electron chi connectivity index (χ0n) is 13.0. The molecule has 4 nitrogen and oxygen atoms in total. The number of rotatable bonds is 4. The van der Waals surface area contributed by atoms with Crippen LogP contribution in [0.1, 0.15) is 30.5 Å². The van der Waals surface area contributed by atoms with Crippen LogP contribution in [0.25, 0.3) is 0 Å². The number of carbonyl (C=O) groups excluding carboxylic acids is 1. The van der Waals surface area contributed by atoms with Crippen LogP contribution in [0, 0.1) is 0 Å². The third-order valence-electron chi connectivity index (χ3n) is 4.09. The first-order chi connectivity index (χ1) is 11.2. The van der Waals surface area contributed by atoms with E-state index in [1.54, 1.807) is 0 Å². The van der Waals surface area contributed by atoms with Gasteiger partial charge < -0.3 is 5.32 Å². The van der Waals surface area contributed by atoms with Crippen LogP contribution in [0.4, 0.5) is 5.69 Å². The average Bonchev–Trinajstić information content (AvgIpc) is 3.06. The van der Waals surface area contributed by atoms with Crippen LogP contribution in [0.15, 0.2) is 48.5 Å². The molecule has 0 radical (unpaired) electrons. The molecule has 1 fully saturated rings. The Labute approximate surface area is 141 Å². The van der Waals surface area contributed by atoms with Gasteiger partial charge in [0.15, 0.2) is 0 Å². The molecule has 1 saturated heterocycles. The fourth-order valence-corrected chi connectivity index (χ4v) is 2.87. The van der Waals surface area contributed by atoms with Crippen molar-refractivity contribution in [3.63, 3.8) is 0 Å². The summed E-state index contributed by atoms with van der Waals surface area (Å²) in [6.07, 6.45) is 1.65. The fraction of sp³-hybridized carbons (Fsp3) is 0.278. The van der Waals surface area contributed by atoms with E-state index in [2.05, 4.69) is 29.2 Å². The van der Waals surface area contributed by atoms with E-state index in [1.807, 2.05) is 42.5 Å². The van der Waals surface area contributed by atoms with E-state index in [4.69, 9.17) is 11.6 Å². The van der Waals surface area contributed by atoms with Crippen molar-refractivity contribution in [1.82, 2.24) is 10.9 Å². The zero-order chi connectivity index (χ0) is 16.2. The maximum atomic E-state index is 12.4. The SMILES string of the molecule is CCc1cccc(NC(=O)C2CC(c3ccc(Cl)cc3)NN2)c1. The molecular weight excluding hydrogens is 310 g/mol. The molecule has 0 spiro atoms. The Hall–Kier alpha value is -1.88. The zero-order valence-corrected chi connectivity index (χ0v) is 13.7. The number of anilines is 1. The highest BCUT2D eigenvalue weighted by Crippen LogP contribution is 2.24. The van der Waals surface area contributed by atoms with Crippen LogP contribution < -0.4 is 16.2 Å². The summed E-state index contributed by atoms with van der Waals surface area (Å²) in [5.41, 5.74) is 9.41. The second-order valence-corrected chi connectivity index (χ2v) is 6.16. The van der Waals surface area contributed by atoms with Gasteiger partial charge in [-0.25, -0.2) is 10.9 Å². The van der Waals surface area contributed by atoms with Crippen molar-refractivity contribution >= 4 is 23.2 Å². The predicted octanol–water partition coefficient (Wildman–Crippen LogP) is 3.45. The van der Waals surface area contributed by atoms with E-state index in [0.717, 1.165) is 17.7 Å². The molecule has 0 saturated carbocycles. The van der Waals surface area contributed by atoms with Crippen molar-refractivity contribution in [1.29, 1.82) is 0 Å². The molecule has 2 aromatic rings. The second-order valence-electron chi connectivity index (χ2n) is 5.72. The molecule has 1 amide bonds. The summed E-state index contributed by atoms with van der Waals surface area (Å²) in [5, 5.41) is 3.69. The smallest absolute Gasteiger partial charge is 0.242 e. The van der Waals surface area contributed by atoms with Crippen LogP contribution in [-0.2, 0) is 11.2 Å². The Balaban J connectivity index is 1.61. The largest absolute Gasteiger partial charge is 0.325 e. The summed E-state index contributed by atoms with van der Waals surface area (Å²) in [4.78, 5) is 12.4. The summed E-state index contributed by atoms with van der Waals surface area (Å²) in [5.74, 6) is -0.0257. The van der Waals surface area contributed by atoms with Crippen molar-refractivity contribution in [3.05, 3.63) is 64.7 Å². The van der Waals surface area contributed by atoms with Gasteiger partial charge in [-0.1, -0.05) is 42.8 Å². The van der Waals surface area contributed by atoms with Crippen LogP contribution >= 0.6 is 11.6 Å². The van der Waals surface area contributed by atoms with E-state index in [-0.39, 0.29) is 18.0 Å². The number of benzene rings is 2. The highest BCUT2D eigenvalue weighted by atomic mass is 35.5. The molecule has 0 aromatic heterocycles. The monoisotopic (exact) mass is 329 g/mol. The number of nitrogens with one attached hydrogen (secondary N) is 3. The number of halogens is 1. The van der Waals surface area contributed by atoms with Gasteiger partial charge in [-0.2, -0.15) is 0 Å². The van der Waals surface area contributed by atoms with Gasteiger partial charge in [0.1, 0.15) is 6.04 Å². The quantitative estimate of drug-likeness (QED) is 0.805. The minimum absolute atomic E-state index is 0.0257. The summed E-state index contributed by atoms with van der Waals surface area (Å²) in [7, 11) is 0. The average molecular weight is 330 g/mol. The highest BCUT2D eigenvalue weighted by molar-refractivity contribution is 6.30. The molecule has 2 unspecified atom stereocenters. The lowest BCUT2D eigenvalue weighted by atomic mass is 10.0. The van der Waals surface area contributed by atoms with E-state index < -0.39 is 0 Å². The summed E-state index contributed by atoms with van der Waals surface area (Å²) < 4.78 is 0. The number of carbonyl (C=O) groups is 1. The molecule has 0 aliphatic carbocycles. The minimum atomic E-state index is -0.263. The third-order valence-corrected chi connectivity index (χ3v) is 4.35. The highest BCUT2D eigenvalue weighted by Gasteiger charge is 2.30. The Kier molecular flexibility index (Phi) is 4.96. The van der Waals surface area contributed by atoms with Gasteiger partial charge >= 0.3 is 0 Å². The lowest BCUT2D eigenvalue weighted by molar-refractivity contribution is -0.117. The Morgan fingerprint density at radius 2 is 2.00 bits per heavy atom. The lowest BCUT2D eigenvalue weighted by Gasteiger charge is -2.11. The van der Waals surface area contributed by atoms with Gasteiger partial charge in [0.25, 0.3) is 0 Å². The van der Waals surface area contributed by atoms with Crippen molar-refractivity contribution in [2.24, 2.45) is 0 Å². The number of amides is 1. The molecule has 23 heavy (non-hydrogen) atoms. The maximum Gasteiger partial charge on any atom is 0.242 e. The van der Waals surface area contributed by atoms with E-state index >= 15 is 0 Å². The topological polar surface area (TPSA) is 53.2 Å². The van der Waals surface area contributed by atoms with Crippen LogP contribution in [0.3, 0.4) is 0 Å². The number of hydrogen-bond acceptors (Lipinski definition) is 3. The molecule has 1 heterocycles. The number of aryl methyl sites for hydroxylation is 1. The number of hydrazine groups is 1. The molecule has 5 heteroatoms. The second kappa shape index (κ2) is 7.13. The summed E-state index contributed by atoms with van der Waals surface area (Å²) in [6.45, 7) is 2.10. The molecule has 1 aliphatic rings. The molecule has 2 atom stereocenters. The lowest BCUT2D eigenvalue weighted by Crippen LogP contribution is -2.39. The molecule has 0 bridgehead atoms. The normalized spacial score (nSPS) is 20.4. The number of hydrogen-bond donors (Lipinski definition) is 3. The fourth-order valence-electron chi connectivity index (χ4n) is 2.74. The first kappa shape index (κ1) is 16.0. The van der Waals surface area contributed by atoms with Crippen molar-refractivity contribution in [2.75, 3.05) is 5.32 Å². The van der Waals surface area contributed by atoms with Crippen molar-refractivity contribution in [3.8, 4) is 0 Å². The van der Waals surface area contributed by atoms with Crippen LogP contribution in [-0.4, -0.2) is 11.9 Å². The van der Waals surface area contributed by atoms with Crippen LogP contribution in [0.2, 0.25) is 5.02 Å². The van der Waals surface area contributed by atoms with E-state index in [0.29, 0.717) is 11.4 Å². The van der Waals surface area contributed by atoms with Gasteiger partial charge in [0.05, 0.1) is 0 Å². The first-order valence-electron chi connectivity index (χ1n) is 7.82. The summed E-state index contributed by atoms with van der Waals surface area (Å²) in [6, 6.07) is 15.5. The van der Waals surface area contributed by atoms with Gasteiger partial charge in [-0.3, -0.25) is 4.79 Å². The van der Waals surface area contributed by atoms with Gasteiger partial charge in [0.2, 0.25) is 5.91 Å². The molecule has 3 N–H and O–H groups in total. The predicted molar refractivity (Wildman–Crippen MR) is 93.3 cm³/mol. The Morgan fingerprint density at radius 1 is 1.22 bits per heavy atom. The maximum absolute atomic E-state index is 12.4. The molecule has 1 aliphatic heterocycles. The molecule has 120 valence electrons. The molecule has 2 aromatic carbocycles. The standard InChI is InChI=1S/C18H20ClN3O/c1-2-12-4-3-5-15(10-12)20-18(23)17-11-16(21-22-17)13-6-8-14(19)9-7-13/h3-10,16-17,21-22H,2,11H2,1H3,(H,20,23). The van der Waals surface area contributed by atoms with Gasteiger partial charge in [-0.15, -0.1) is 0 Å². The van der Waals surface area contributed by atoms with Crippen LogP contribution in [0.5, 0.6) is 0 Å². The first-order valence-corrected chi connectivity index (χ1v) is 8.20. The third kappa shape index (κ3) is 3.91. The Morgan fingerprint density at radius 3 is 2.74 bits per heavy atom. The Bertz CT molecular complexity index is 687. The van der Waals surface area contributed by atoms with Gasteiger partial charge in [0, 0.05) is 16.8 Å². The van der Waals surface area contributed by atoms with Crippen molar-refractivity contribution < 1.29 is 4.79 Å². The van der Waals surface area contributed by atoms with Gasteiger partial charge in [-0.05, 0) is 48.2 Å². The van der Waals surface area contributed by atoms with E-state index in [9.17, 15) is 4.79 Å². The summed E-state index contributed by atoms with van der Waals surface area (Å²) >= 11 is 5.91. The molecule has 3 rings (SSSR count). The van der Waals surface area contributed by atoms with E-state index in [1.165, 1.54) is 5.56 Å². The van der Waals surface area contributed by atoms with Crippen molar-refractivity contribution in [2.45, 2.75) is 31.8 Å².